The normalized spacial score (nSPS) is 10.9. The van der Waals surface area contributed by atoms with Crippen LogP contribution in [0.5, 0.6) is 0 Å². The molecule has 0 spiro atoms. The average Bonchev–Trinajstić information content (AvgIpc) is 2.72. The van der Waals surface area contributed by atoms with E-state index < -0.39 is 0 Å². The lowest BCUT2D eigenvalue weighted by Gasteiger charge is -1.96. The number of hydrogen-bond donors (Lipinski definition) is 0. The largest absolute Gasteiger partial charge is 0.304 e. The maximum atomic E-state index is 13.6. The highest BCUT2D eigenvalue weighted by Gasteiger charge is 2.08. The van der Waals surface area contributed by atoms with E-state index in [2.05, 4.69) is 4.98 Å². The van der Waals surface area contributed by atoms with Gasteiger partial charge in [0.25, 0.3) is 0 Å². The molecule has 0 N–H and O–H groups in total. The first-order valence-corrected chi connectivity index (χ1v) is 5.13. The fourth-order valence-corrected chi connectivity index (χ4v) is 1.76. The third-order valence-corrected chi connectivity index (χ3v) is 2.56. The molecule has 0 atom stereocenters. The van der Waals surface area contributed by atoms with Gasteiger partial charge >= 0.3 is 0 Å². The van der Waals surface area contributed by atoms with Crippen LogP contribution >= 0.6 is 0 Å². The molecule has 0 saturated carbocycles. The van der Waals surface area contributed by atoms with Gasteiger partial charge in [-0.15, -0.1) is 0 Å². The Kier molecular flexibility index (Phi) is 2.14. The van der Waals surface area contributed by atoms with Crippen LogP contribution in [-0.4, -0.2) is 9.38 Å². The summed E-state index contributed by atoms with van der Waals surface area (Å²) in [5, 5.41) is 0. The Morgan fingerprint density at radius 1 is 0.941 bits per heavy atom. The molecule has 2 heterocycles. The van der Waals surface area contributed by atoms with E-state index >= 15 is 0 Å². The van der Waals surface area contributed by atoms with Gasteiger partial charge < -0.3 is 4.40 Å². The van der Waals surface area contributed by atoms with Crippen LogP contribution in [0.25, 0.3) is 16.9 Å². The molecule has 0 radical (unpaired) electrons. The summed E-state index contributed by atoms with van der Waals surface area (Å²) in [6.45, 7) is 0. The van der Waals surface area contributed by atoms with Crippen molar-refractivity contribution in [1.82, 2.24) is 9.38 Å². The summed E-state index contributed by atoms with van der Waals surface area (Å²) in [6.07, 6.45) is 2.92. The summed E-state index contributed by atoms with van der Waals surface area (Å²) in [5.41, 5.74) is 1.50. The minimum atomic E-state index is -0.352. The first kappa shape index (κ1) is 9.96. The van der Waals surface area contributed by atoms with Crippen molar-refractivity contribution in [1.29, 1.82) is 0 Å². The predicted octanol–water partition coefficient (Wildman–Crippen LogP) is 3.28. The summed E-state index contributed by atoms with van der Waals surface area (Å²) in [7, 11) is 0. The van der Waals surface area contributed by atoms with E-state index in [4.69, 9.17) is 0 Å². The SMILES string of the molecule is Fc1ccc2nc(-c3ccccc3F)cn2c1. The number of halogens is 2. The van der Waals surface area contributed by atoms with Crippen LogP contribution in [0.2, 0.25) is 0 Å². The molecule has 17 heavy (non-hydrogen) atoms. The third kappa shape index (κ3) is 1.67. The predicted molar refractivity (Wildman–Crippen MR) is 60.5 cm³/mol. The molecule has 0 aliphatic heterocycles. The minimum Gasteiger partial charge on any atom is -0.304 e. The van der Waals surface area contributed by atoms with E-state index in [1.807, 2.05) is 0 Å². The summed E-state index contributed by atoms with van der Waals surface area (Å²) in [4.78, 5) is 4.24. The molecule has 0 aliphatic rings. The maximum absolute atomic E-state index is 13.6. The van der Waals surface area contributed by atoms with Crippen molar-refractivity contribution < 1.29 is 8.78 Å². The van der Waals surface area contributed by atoms with Gasteiger partial charge in [-0.1, -0.05) is 12.1 Å². The molecule has 0 saturated heterocycles. The molecule has 3 aromatic rings. The number of aromatic nitrogens is 2. The Labute approximate surface area is 96.2 Å². The summed E-state index contributed by atoms with van der Waals surface area (Å²) in [6, 6.07) is 9.26. The summed E-state index contributed by atoms with van der Waals surface area (Å²) >= 11 is 0. The van der Waals surface area contributed by atoms with Gasteiger partial charge in [-0.3, -0.25) is 0 Å². The fraction of sp³-hybridized carbons (Fsp3) is 0. The highest BCUT2D eigenvalue weighted by molar-refractivity contribution is 5.63. The lowest BCUT2D eigenvalue weighted by Crippen LogP contribution is -1.83. The highest BCUT2D eigenvalue weighted by Crippen LogP contribution is 2.22. The Morgan fingerprint density at radius 3 is 2.59 bits per heavy atom. The van der Waals surface area contributed by atoms with E-state index in [9.17, 15) is 8.78 Å². The third-order valence-electron chi connectivity index (χ3n) is 2.56. The maximum Gasteiger partial charge on any atom is 0.139 e. The van der Waals surface area contributed by atoms with Gasteiger partial charge in [-0.2, -0.15) is 0 Å². The molecule has 0 fully saturated rings. The molecule has 2 aromatic heterocycles. The molecule has 2 nitrogen and oxygen atoms in total. The first-order valence-electron chi connectivity index (χ1n) is 5.13. The molecular formula is C13H8F2N2. The molecule has 0 aliphatic carbocycles. The number of fused-ring (bicyclic) bond motifs is 1. The van der Waals surface area contributed by atoms with Crippen molar-refractivity contribution in [2.24, 2.45) is 0 Å². The van der Waals surface area contributed by atoms with Crippen molar-refractivity contribution in [3.8, 4) is 11.3 Å². The number of pyridine rings is 1. The second-order valence-corrected chi connectivity index (χ2v) is 3.72. The molecule has 84 valence electrons. The van der Waals surface area contributed by atoms with Gasteiger partial charge in [0.1, 0.15) is 17.3 Å². The Balaban J connectivity index is 2.22. The van der Waals surface area contributed by atoms with Crippen LogP contribution in [-0.2, 0) is 0 Å². The van der Waals surface area contributed by atoms with Gasteiger partial charge in [-0.05, 0) is 24.3 Å². The molecule has 0 unspecified atom stereocenters. The second kappa shape index (κ2) is 3.66. The lowest BCUT2D eigenvalue weighted by molar-refractivity contribution is 0.619. The van der Waals surface area contributed by atoms with Crippen molar-refractivity contribution in [3.05, 3.63) is 60.4 Å². The van der Waals surface area contributed by atoms with Gasteiger partial charge in [0.05, 0.1) is 5.69 Å². The highest BCUT2D eigenvalue weighted by atomic mass is 19.1. The summed E-state index contributed by atoms with van der Waals surface area (Å²) < 4.78 is 28.1. The quantitative estimate of drug-likeness (QED) is 0.627. The monoisotopic (exact) mass is 230 g/mol. The first-order chi connectivity index (χ1) is 8.24. The van der Waals surface area contributed by atoms with Crippen molar-refractivity contribution in [2.75, 3.05) is 0 Å². The molecule has 0 amide bonds. The van der Waals surface area contributed by atoms with Gasteiger partial charge in [0, 0.05) is 18.0 Å². The van der Waals surface area contributed by atoms with E-state index in [1.54, 1.807) is 30.5 Å². The number of hydrogen-bond acceptors (Lipinski definition) is 1. The zero-order valence-corrected chi connectivity index (χ0v) is 8.77. The van der Waals surface area contributed by atoms with Gasteiger partial charge in [-0.25, -0.2) is 13.8 Å². The van der Waals surface area contributed by atoms with E-state index in [0.717, 1.165) is 0 Å². The molecule has 3 rings (SSSR count). The van der Waals surface area contributed by atoms with Gasteiger partial charge in [0.2, 0.25) is 0 Å². The van der Waals surface area contributed by atoms with Crippen LogP contribution in [0.1, 0.15) is 0 Å². The molecular weight excluding hydrogens is 222 g/mol. The average molecular weight is 230 g/mol. The molecule has 1 aromatic carbocycles. The van der Waals surface area contributed by atoms with E-state index in [1.165, 1.54) is 22.7 Å². The van der Waals surface area contributed by atoms with Crippen LogP contribution in [0, 0.1) is 11.6 Å². The van der Waals surface area contributed by atoms with Crippen molar-refractivity contribution >= 4 is 5.65 Å². The number of nitrogens with zero attached hydrogens (tertiary/aromatic N) is 2. The number of imidazole rings is 1. The Bertz CT molecular complexity index is 689. The Hall–Kier alpha value is -2.23. The van der Waals surface area contributed by atoms with E-state index in [-0.39, 0.29) is 11.6 Å². The zero-order valence-electron chi connectivity index (χ0n) is 8.77. The van der Waals surface area contributed by atoms with Crippen LogP contribution in [0.15, 0.2) is 48.8 Å². The fourth-order valence-electron chi connectivity index (χ4n) is 1.76. The second-order valence-electron chi connectivity index (χ2n) is 3.72. The molecule has 4 heteroatoms. The summed E-state index contributed by atoms with van der Waals surface area (Å²) in [5.74, 6) is -0.689. The standard InChI is InChI=1S/C13H8F2N2/c14-9-5-6-13-16-12(8-17(13)7-9)10-3-1-2-4-11(10)15/h1-8H. The van der Waals surface area contributed by atoms with Crippen LogP contribution in [0.3, 0.4) is 0 Å². The van der Waals surface area contributed by atoms with Gasteiger partial charge in [0.15, 0.2) is 0 Å². The van der Waals surface area contributed by atoms with Crippen LogP contribution < -0.4 is 0 Å². The minimum absolute atomic E-state index is 0.337. The smallest absolute Gasteiger partial charge is 0.139 e. The van der Waals surface area contributed by atoms with E-state index in [0.29, 0.717) is 16.9 Å². The van der Waals surface area contributed by atoms with Crippen molar-refractivity contribution in [2.45, 2.75) is 0 Å². The molecule has 0 bridgehead atoms. The number of rotatable bonds is 1. The zero-order chi connectivity index (χ0) is 11.8. The lowest BCUT2D eigenvalue weighted by atomic mass is 10.1. The Morgan fingerprint density at radius 2 is 1.76 bits per heavy atom. The van der Waals surface area contributed by atoms with Crippen molar-refractivity contribution in [3.63, 3.8) is 0 Å². The number of benzene rings is 1. The van der Waals surface area contributed by atoms with Crippen LogP contribution in [0.4, 0.5) is 8.78 Å². The topological polar surface area (TPSA) is 17.3 Å².